The zero-order chi connectivity index (χ0) is 16.9. The number of rotatable bonds is 5. The van der Waals surface area contributed by atoms with Gasteiger partial charge in [0.15, 0.2) is 0 Å². The fraction of sp³-hybridized carbons (Fsp3) is 0.529. The Morgan fingerprint density at radius 2 is 2.08 bits per heavy atom. The number of hydrazine groups is 1. The zero-order valence-corrected chi connectivity index (χ0v) is 13.6. The molecule has 2 aliphatic heterocycles. The van der Waals surface area contributed by atoms with Crippen LogP contribution in [0.4, 0.5) is 4.39 Å². The molecule has 1 unspecified atom stereocenters. The van der Waals surface area contributed by atoms with Crippen LogP contribution in [0, 0.1) is 11.7 Å². The van der Waals surface area contributed by atoms with Gasteiger partial charge in [-0.1, -0.05) is 12.1 Å². The van der Waals surface area contributed by atoms with Crippen LogP contribution in [-0.4, -0.2) is 42.9 Å². The second-order valence-corrected chi connectivity index (χ2v) is 6.36. The average molecular weight is 334 g/mol. The summed E-state index contributed by atoms with van der Waals surface area (Å²) in [5.41, 5.74) is 6.68. The predicted octanol–water partition coefficient (Wildman–Crippen LogP) is 0.720. The molecule has 1 atom stereocenters. The standard InChI is InChI=1S/C17H23FN4O2/c18-14-5-2-4-13(9-14)16-17(24)19-7-8-22(16)15(23)6-1-3-12-10-20-21-11-12/h2,4-5,9,12,16,20-21H,1,3,6-8,10-11H2,(H,19,24). The van der Waals surface area contributed by atoms with Crippen molar-refractivity contribution in [3.8, 4) is 0 Å². The van der Waals surface area contributed by atoms with Crippen molar-refractivity contribution in [2.45, 2.75) is 25.3 Å². The van der Waals surface area contributed by atoms with Gasteiger partial charge in [0.25, 0.3) is 0 Å². The van der Waals surface area contributed by atoms with Crippen molar-refractivity contribution in [3.05, 3.63) is 35.6 Å². The van der Waals surface area contributed by atoms with Gasteiger partial charge >= 0.3 is 0 Å². The predicted molar refractivity (Wildman–Crippen MR) is 87.2 cm³/mol. The molecule has 2 fully saturated rings. The molecule has 0 spiro atoms. The molecule has 0 bridgehead atoms. The number of amides is 2. The maximum atomic E-state index is 13.5. The third kappa shape index (κ3) is 3.91. The second-order valence-electron chi connectivity index (χ2n) is 6.36. The molecule has 0 saturated carbocycles. The fourth-order valence-corrected chi connectivity index (χ4v) is 3.34. The molecule has 1 aromatic rings. The largest absolute Gasteiger partial charge is 0.352 e. The average Bonchev–Trinajstić information content (AvgIpc) is 3.08. The first kappa shape index (κ1) is 16.9. The van der Waals surface area contributed by atoms with Gasteiger partial charge in [-0.2, -0.15) is 0 Å². The SMILES string of the molecule is O=C1NCCN(C(=O)CCCC2CNNC2)C1c1cccc(F)c1. The summed E-state index contributed by atoms with van der Waals surface area (Å²) in [6, 6.07) is 5.17. The maximum absolute atomic E-state index is 13.5. The maximum Gasteiger partial charge on any atom is 0.247 e. The molecule has 130 valence electrons. The monoisotopic (exact) mass is 334 g/mol. The lowest BCUT2D eigenvalue weighted by molar-refractivity contribution is -0.143. The van der Waals surface area contributed by atoms with Crippen LogP contribution < -0.4 is 16.2 Å². The molecular weight excluding hydrogens is 311 g/mol. The Bertz CT molecular complexity index is 604. The van der Waals surface area contributed by atoms with Crippen LogP contribution in [0.3, 0.4) is 0 Å². The summed E-state index contributed by atoms with van der Waals surface area (Å²) >= 11 is 0. The molecule has 2 aliphatic rings. The summed E-state index contributed by atoms with van der Waals surface area (Å²) in [5, 5.41) is 2.76. The molecule has 3 N–H and O–H groups in total. The van der Waals surface area contributed by atoms with Crippen LogP contribution in [-0.2, 0) is 9.59 Å². The highest BCUT2D eigenvalue weighted by Crippen LogP contribution is 2.25. The van der Waals surface area contributed by atoms with Crippen LogP contribution in [0.25, 0.3) is 0 Å². The van der Waals surface area contributed by atoms with Gasteiger partial charge in [0, 0.05) is 32.6 Å². The molecule has 0 aliphatic carbocycles. The summed E-state index contributed by atoms with van der Waals surface area (Å²) < 4.78 is 13.5. The smallest absolute Gasteiger partial charge is 0.247 e. The summed E-state index contributed by atoms with van der Waals surface area (Å²) in [4.78, 5) is 26.4. The van der Waals surface area contributed by atoms with Crippen molar-refractivity contribution >= 4 is 11.8 Å². The van der Waals surface area contributed by atoms with Gasteiger partial charge in [0.1, 0.15) is 11.9 Å². The lowest BCUT2D eigenvalue weighted by atomic mass is 10.00. The molecule has 3 rings (SSSR count). The van der Waals surface area contributed by atoms with Crippen LogP contribution in [0.5, 0.6) is 0 Å². The summed E-state index contributed by atoms with van der Waals surface area (Å²) in [6.45, 7) is 2.74. The molecule has 24 heavy (non-hydrogen) atoms. The van der Waals surface area contributed by atoms with E-state index in [4.69, 9.17) is 0 Å². The number of piperazine rings is 1. The van der Waals surface area contributed by atoms with Gasteiger partial charge in [-0.15, -0.1) is 0 Å². The van der Waals surface area contributed by atoms with Crippen molar-refractivity contribution in [2.75, 3.05) is 26.2 Å². The first-order chi connectivity index (χ1) is 11.6. The highest BCUT2D eigenvalue weighted by atomic mass is 19.1. The third-order valence-electron chi connectivity index (χ3n) is 4.61. The highest BCUT2D eigenvalue weighted by molar-refractivity contribution is 5.89. The quantitative estimate of drug-likeness (QED) is 0.742. The molecule has 1 aromatic carbocycles. The molecule has 2 saturated heterocycles. The Hall–Kier alpha value is -1.99. The van der Waals surface area contributed by atoms with E-state index in [1.165, 1.54) is 12.1 Å². The molecule has 6 nitrogen and oxygen atoms in total. The Balaban J connectivity index is 1.64. The van der Waals surface area contributed by atoms with Gasteiger partial charge in [0.2, 0.25) is 11.8 Å². The minimum Gasteiger partial charge on any atom is -0.352 e. The Labute approximate surface area is 140 Å². The minimum atomic E-state index is -0.739. The Morgan fingerprint density at radius 1 is 1.29 bits per heavy atom. The Morgan fingerprint density at radius 3 is 2.83 bits per heavy atom. The molecule has 7 heteroatoms. The number of benzene rings is 1. The summed E-state index contributed by atoms with van der Waals surface area (Å²) in [5.74, 6) is -0.150. The minimum absolute atomic E-state index is 0.0435. The van der Waals surface area contributed by atoms with E-state index in [1.54, 1.807) is 17.0 Å². The van der Waals surface area contributed by atoms with E-state index in [2.05, 4.69) is 16.2 Å². The van der Waals surface area contributed by atoms with Gasteiger partial charge in [-0.3, -0.25) is 20.4 Å². The van der Waals surface area contributed by atoms with Crippen molar-refractivity contribution in [1.29, 1.82) is 0 Å². The van der Waals surface area contributed by atoms with E-state index in [0.717, 1.165) is 25.9 Å². The van der Waals surface area contributed by atoms with Crippen molar-refractivity contribution < 1.29 is 14.0 Å². The number of carbonyl (C=O) groups is 2. The lowest BCUT2D eigenvalue weighted by Gasteiger charge is -2.35. The number of carbonyl (C=O) groups excluding carboxylic acids is 2. The van der Waals surface area contributed by atoms with Crippen LogP contribution >= 0.6 is 0 Å². The van der Waals surface area contributed by atoms with Crippen molar-refractivity contribution in [1.82, 2.24) is 21.1 Å². The number of nitrogens with zero attached hydrogens (tertiary/aromatic N) is 1. The topological polar surface area (TPSA) is 73.5 Å². The van der Waals surface area contributed by atoms with Crippen LogP contribution in [0.2, 0.25) is 0 Å². The number of hydrogen-bond acceptors (Lipinski definition) is 4. The van der Waals surface area contributed by atoms with E-state index in [0.29, 0.717) is 31.0 Å². The summed E-state index contributed by atoms with van der Waals surface area (Å²) in [7, 11) is 0. The van der Waals surface area contributed by atoms with Crippen LogP contribution in [0.15, 0.2) is 24.3 Å². The fourth-order valence-electron chi connectivity index (χ4n) is 3.34. The van der Waals surface area contributed by atoms with E-state index in [1.807, 2.05) is 0 Å². The number of hydrogen-bond donors (Lipinski definition) is 3. The first-order valence-corrected chi connectivity index (χ1v) is 8.43. The molecule has 0 radical (unpaired) electrons. The Kier molecular flexibility index (Phi) is 5.42. The second kappa shape index (κ2) is 7.72. The number of nitrogens with one attached hydrogen (secondary N) is 3. The van der Waals surface area contributed by atoms with Gasteiger partial charge < -0.3 is 10.2 Å². The first-order valence-electron chi connectivity index (χ1n) is 8.43. The third-order valence-corrected chi connectivity index (χ3v) is 4.61. The van der Waals surface area contributed by atoms with E-state index in [9.17, 15) is 14.0 Å². The van der Waals surface area contributed by atoms with E-state index < -0.39 is 11.9 Å². The zero-order valence-electron chi connectivity index (χ0n) is 13.6. The van der Waals surface area contributed by atoms with E-state index >= 15 is 0 Å². The van der Waals surface area contributed by atoms with Gasteiger partial charge in [0.05, 0.1) is 0 Å². The van der Waals surface area contributed by atoms with Gasteiger partial charge in [-0.25, -0.2) is 4.39 Å². The molecule has 0 aromatic heterocycles. The molecular formula is C17H23FN4O2. The molecule has 2 amide bonds. The van der Waals surface area contributed by atoms with Crippen molar-refractivity contribution in [3.63, 3.8) is 0 Å². The summed E-state index contributed by atoms with van der Waals surface area (Å²) in [6.07, 6.45) is 2.17. The number of halogens is 1. The highest BCUT2D eigenvalue weighted by Gasteiger charge is 2.34. The molecule has 2 heterocycles. The van der Waals surface area contributed by atoms with Crippen LogP contribution in [0.1, 0.15) is 30.9 Å². The van der Waals surface area contributed by atoms with E-state index in [-0.39, 0.29) is 11.8 Å². The lowest BCUT2D eigenvalue weighted by Crippen LogP contribution is -2.52. The van der Waals surface area contributed by atoms with Gasteiger partial charge in [-0.05, 0) is 36.5 Å². The van der Waals surface area contributed by atoms with Crippen molar-refractivity contribution in [2.24, 2.45) is 5.92 Å². The normalized spacial score (nSPS) is 21.8.